The van der Waals surface area contributed by atoms with Crippen LogP contribution in [0.15, 0.2) is 30.3 Å². The van der Waals surface area contributed by atoms with Crippen LogP contribution in [0.25, 0.3) is 0 Å². The van der Waals surface area contributed by atoms with Gasteiger partial charge in [-0.15, -0.1) is 8.78 Å². The number of amides is 1. The molecular formula is C23H23F2N3O6. The van der Waals surface area contributed by atoms with Gasteiger partial charge in [0.05, 0.1) is 5.92 Å². The summed E-state index contributed by atoms with van der Waals surface area (Å²) in [6.45, 7) is 6.25. The monoisotopic (exact) mass is 475 g/mol. The number of carbonyl (C=O) groups is 2. The number of hydrogen-bond acceptors (Lipinski definition) is 7. The normalized spacial score (nSPS) is 25.6. The van der Waals surface area contributed by atoms with Gasteiger partial charge >= 0.3 is 12.3 Å². The van der Waals surface area contributed by atoms with Gasteiger partial charge in [-0.1, -0.05) is 19.9 Å². The van der Waals surface area contributed by atoms with E-state index in [4.69, 9.17) is 4.74 Å². The number of alkyl halides is 2. The number of hydrogen-bond donors (Lipinski definition) is 2. The molecule has 0 radical (unpaired) electrons. The van der Waals surface area contributed by atoms with Crippen molar-refractivity contribution in [1.29, 1.82) is 0 Å². The number of carbonyl (C=O) groups excluding carboxylic acids is 1. The Bertz CT molecular complexity index is 1200. The third-order valence-electron chi connectivity index (χ3n) is 6.66. The molecule has 3 aliphatic heterocycles. The van der Waals surface area contributed by atoms with E-state index in [1.54, 1.807) is 25.1 Å². The van der Waals surface area contributed by atoms with E-state index in [1.165, 1.54) is 12.1 Å². The summed E-state index contributed by atoms with van der Waals surface area (Å²) in [6.07, 6.45) is -3.77. The zero-order chi connectivity index (χ0) is 24.5. The third-order valence-corrected chi connectivity index (χ3v) is 6.66. The molecule has 3 aliphatic rings. The van der Waals surface area contributed by atoms with Crippen LogP contribution in [0.1, 0.15) is 26.3 Å². The van der Waals surface area contributed by atoms with Gasteiger partial charge in [0.2, 0.25) is 5.91 Å². The summed E-state index contributed by atoms with van der Waals surface area (Å²) >= 11 is 0. The number of aliphatic carboxylic acids is 1. The van der Waals surface area contributed by atoms with Crippen molar-refractivity contribution in [3.63, 3.8) is 0 Å². The fourth-order valence-electron chi connectivity index (χ4n) is 4.66. The third kappa shape index (κ3) is 3.55. The lowest BCUT2D eigenvalue weighted by atomic mass is 9.82. The molecule has 1 aromatic heterocycles. The number of pyridine rings is 1. The Morgan fingerprint density at radius 2 is 1.85 bits per heavy atom. The molecule has 2 atom stereocenters. The van der Waals surface area contributed by atoms with Crippen molar-refractivity contribution in [3.05, 3.63) is 35.9 Å². The number of nitrogens with one attached hydrogen (secondary N) is 1. The van der Waals surface area contributed by atoms with E-state index in [1.807, 2.05) is 18.7 Å². The highest BCUT2D eigenvalue weighted by atomic mass is 19.3. The van der Waals surface area contributed by atoms with Crippen molar-refractivity contribution in [2.45, 2.75) is 32.5 Å². The molecule has 9 nitrogen and oxygen atoms in total. The summed E-state index contributed by atoms with van der Waals surface area (Å²) in [6, 6.07) is 7.72. The Hall–Kier alpha value is -3.63. The Morgan fingerprint density at radius 3 is 2.53 bits per heavy atom. The van der Waals surface area contributed by atoms with Crippen LogP contribution in [0, 0.1) is 11.3 Å². The Balaban J connectivity index is 1.36. The number of carboxylic acid groups (broad SMARTS) is 1. The summed E-state index contributed by atoms with van der Waals surface area (Å²) in [4.78, 5) is 31.3. The van der Waals surface area contributed by atoms with E-state index in [0.717, 1.165) is 0 Å². The highest BCUT2D eigenvalue weighted by molar-refractivity contribution is 5.99. The zero-order valence-corrected chi connectivity index (χ0v) is 18.7. The molecule has 0 spiro atoms. The van der Waals surface area contributed by atoms with E-state index in [0.29, 0.717) is 24.5 Å². The second-order valence-electron chi connectivity index (χ2n) is 9.68. The van der Waals surface area contributed by atoms with Gasteiger partial charge in [0.1, 0.15) is 29.4 Å². The first-order valence-electron chi connectivity index (χ1n) is 10.7. The molecular weight excluding hydrogens is 452 g/mol. The molecule has 0 aliphatic carbocycles. The van der Waals surface area contributed by atoms with E-state index >= 15 is 0 Å². The second-order valence-corrected chi connectivity index (χ2v) is 9.68. The molecule has 0 bridgehead atoms. The highest BCUT2D eigenvalue weighted by Gasteiger charge is 2.49. The SMILES string of the molecule is CC1(C)CN(c2cccc(NC(=O)[C@@]3(C)COc4cc5c(cc43)OC(F)(F)O5)n2)CC1C(=O)O. The molecule has 1 aromatic carbocycles. The van der Waals surface area contributed by atoms with Crippen molar-refractivity contribution < 1.29 is 37.7 Å². The maximum atomic E-state index is 13.4. The Kier molecular flexibility index (Phi) is 4.68. The molecule has 11 heteroatoms. The number of carboxylic acids is 1. The fraction of sp³-hybridized carbons (Fsp3) is 0.435. The largest absolute Gasteiger partial charge is 0.586 e. The molecule has 1 saturated heterocycles. The minimum absolute atomic E-state index is 0.00620. The lowest BCUT2D eigenvalue weighted by Gasteiger charge is -2.23. The maximum absolute atomic E-state index is 13.4. The Labute approximate surface area is 193 Å². The van der Waals surface area contributed by atoms with Crippen LogP contribution in [0.4, 0.5) is 20.4 Å². The number of anilines is 2. The zero-order valence-electron chi connectivity index (χ0n) is 18.7. The smallest absolute Gasteiger partial charge is 0.492 e. The van der Waals surface area contributed by atoms with Crippen molar-refractivity contribution in [1.82, 2.24) is 4.98 Å². The number of ether oxygens (including phenoxy) is 3. The number of halogens is 2. The minimum Gasteiger partial charge on any atom is -0.492 e. The predicted molar refractivity (Wildman–Crippen MR) is 115 cm³/mol. The number of nitrogens with zero attached hydrogens (tertiary/aromatic N) is 2. The van der Waals surface area contributed by atoms with Gasteiger partial charge in [-0.2, -0.15) is 0 Å². The molecule has 5 rings (SSSR count). The average molecular weight is 475 g/mol. The molecule has 0 saturated carbocycles. The molecule has 1 amide bonds. The molecule has 2 N–H and O–H groups in total. The first kappa shape index (κ1) is 22.2. The number of benzene rings is 1. The van der Waals surface area contributed by atoms with Gasteiger partial charge in [0.25, 0.3) is 0 Å². The summed E-state index contributed by atoms with van der Waals surface area (Å²) < 4.78 is 41.4. The van der Waals surface area contributed by atoms with Crippen molar-refractivity contribution >= 4 is 23.5 Å². The second kappa shape index (κ2) is 7.18. The minimum atomic E-state index is -3.77. The average Bonchev–Trinajstić information content (AvgIpc) is 3.36. The summed E-state index contributed by atoms with van der Waals surface area (Å²) in [5.74, 6) is -1.07. The molecule has 180 valence electrons. The molecule has 2 aromatic rings. The number of rotatable bonds is 4. The summed E-state index contributed by atoms with van der Waals surface area (Å²) in [5.41, 5.74) is -1.23. The molecule has 1 unspecified atom stereocenters. The molecule has 4 heterocycles. The van der Waals surface area contributed by atoms with Gasteiger partial charge in [-0.05, 0) is 30.5 Å². The quantitative estimate of drug-likeness (QED) is 0.694. The maximum Gasteiger partial charge on any atom is 0.586 e. The lowest BCUT2D eigenvalue weighted by Crippen LogP contribution is -2.39. The molecule has 1 fully saturated rings. The first-order valence-corrected chi connectivity index (χ1v) is 10.7. The van der Waals surface area contributed by atoms with Gasteiger partial charge in [0, 0.05) is 24.7 Å². The van der Waals surface area contributed by atoms with Gasteiger partial charge in [-0.25, -0.2) is 4.98 Å². The van der Waals surface area contributed by atoms with E-state index in [2.05, 4.69) is 19.8 Å². The molecule has 34 heavy (non-hydrogen) atoms. The lowest BCUT2D eigenvalue weighted by molar-refractivity contribution is -0.286. The van der Waals surface area contributed by atoms with Gasteiger partial charge in [-0.3, -0.25) is 9.59 Å². The van der Waals surface area contributed by atoms with Crippen molar-refractivity contribution in [2.24, 2.45) is 11.3 Å². The van der Waals surface area contributed by atoms with Crippen LogP contribution in [-0.4, -0.2) is 48.0 Å². The topological polar surface area (TPSA) is 110 Å². The summed E-state index contributed by atoms with van der Waals surface area (Å²) in [5, 5.41) is 12.3. The van der Waals surface area contributed by atoms with Crippen LogP contribution in [0.5, 0.6) is 17.2 Å². The Morgan fingerprint density at radius 1 is 1.15 bits per heavy atom. The van der Waals surface area contributed by atoms with E-state index < -0.39 is 34.9 Å². The van der Waals surface area contributed by atoms with Crippen LogP contribution in [-0.2, 0) is 15.0 Å². The number of fused-ring (bicyclic) bond motifs is 2. The van der Waals surface area contributed by atoms with E-state index in [-0.39, 0.29) is 29.7 Å². The highest BCUT2D eigenvalue weighted by Crippen LogP contribution is 2.50. The van der Waals surface area contributed by atoms with Crippen molar-refractivity contribution in [2.75, 3.05) is 29.9 Å². The van der Waals surface area contributed by atoms with Gasteiger partial charge in [0.15, 0.2) is 11.5 Å². The van der Waals surface area contributed by atoms with Crippen LogP contribution >= 0.6 is 0 Å². The van der Waals surface area contributed by atoms with Crippen LogP contribution < -0.4 is 24.4 Å². The van der Waals surface area contributed by atoms with Gasteiger partial charge < -0.3 is 29.5 Å². The fourth-order valence-corrected chi connectivity index (χ4v) is 4.66. The van der Waals surface area contributed by atoms with Crippen molar-refractivity contribution in [3.8, 4) is 17.2 Å². The predicted octanol–water partition coefficient (Wildman–Crippen LogP) is 3.24. The van der Waals surface area contributed by atoms with Crippen LogP contribution in [0.3, 0.4) is 0 Å². The first-order chi connectivity index (χ1) is 15.9. The van der Waals surface area contributed by atoms with E-state index in [9.17, 15) is 23.5 Å². The van der Waals surface area contributed by atoms with Crippen LogP contribution in [0.2, 0.25) is 0 Å². The standard InChI is InChI=1S/C23H23F2N3O6/c1-21(2)10-28(9-13(21)19(29)30)18-6-4-5-17(26-18)27-20(31)22(3)11-32-14-8-16-15(7-12(14)22)33-23(24,25)34-16/h4-8,13H,9-11H2,1-3H3,(H,29,30)(H,26,27,31)/t13?,22-/m0/s1. The summed E-state index contributed by atoms with van der Waals surface area (Å²) in [7, 11) is 0. The number of aromatic nitrogens is 1.